The molecule has 1 rings (SSSR count). The van der Waals surface area contributed by atoms with Gasteiger partial charge in [0.2, 0.25) is 0 Å². The van der Waals surface area contributed by atoms with Crippen molar-refractivity contribution < 1.29 is 4.79 Å². The zero-order chi connectivity index (χ0) is 13.8. The molecule has 0 saturated heterocycles. The van der Waals surface area contributed by atoms with E-state index in [0.29, 0.717) is 19.0 Å². The number of nitrogens with zero attached hydrogens (tertiary/aromatic N) is 1. The molecule has 0 aromatic heterocycles. The lowest BCUT2D eigenvalue weighted by molar-refractivity contribution is 0.0774. The normalized spacial score (nSPS) is 11.4. The number of carbonyl (C=O) groups excluding carboxylic acids is 1. The van der Waals surface area contributed by atoms with E-state index in [1.807, 2.05) is 31.2 Å². The summed E-state index contributed by atoms with van der Waals surface area (Å²) in [5.41, 5.74) is 2.08. The molecule has 0 bridgehead atoms. The maximum absolute atomic E-state index is 12.2. The van der Waals surface area contributed by atoms with E-state index in [9.17, 15) is 4.79 Å². The van der Waals surface area contributed by atoms with Gasteiger partial charge < -0.3 is 4.90 Å². The Morgan fingerprint density at radius 1 is 1.22 bits per heavy atom. The van der Waals surface area contributed by atoms with Crippen molar-refractivity contribution in [1.82, 2.24) is 4.90 Å². The van der Waals surface area contributed by atoms with Crippen LogP contribution in [0.1, 0.15) is 43.6 Å². The van der Waals surface area contributed by atoms with Crippen LogP contribution in [0.4, 0.5) is 0 Å². The summed E-state index contributed by atoms with van der Waals surface area (Å²) in [6.07, 6.45) is 0. The zero-order valence-corrected chi connectivity index (χ0v) is 12.4. The van der Waals surface area contributed by atoms with Crippen molar-refractivity contribution in [2.75, 3.05) is 19.0 Å². The predicted octanol–water partition coefficient (Wildman–Crippen LogP) is 3.69. The Hall–Kier alpha value is -1.02. The van der Waals surface area contributed by atoms with Crippen molar-refractivity contribution >= 4 is 17.5 Å². The minimum Gasteiger partial charge on any atom is -0.338 e. The molecule has 0 fully saturated rings. The van der Waals surface area contributed by atoms with Crippen LogP contribution in [0.5, 0.6) is 0 Å². The van der Waals surface area contributed by atoms with Crippen molar-refractivity contribution in [3.63, 3.8) is 0 Å². The van der Waals surface area contributed by atoms with Crippen LogP contribution < -0.4 is 0 Å². The Balaban J connectivity index is 2.88. The first kappa shape index (κ1) is 15.0. The predicted molar refractivity (Wildman–Crippen MR) is 77.4 cm³/mol. The molecule has 0 radical (unpaired) electrons. The SMILES string of the molecule is CCN(CCCl)C(=O)c1ccc(C(C)(C)C)cc1. The number of amides is 1. The summed E-state index contributed by atoms with van der Waals surface area (Å²) < 4.78 is 0. The topological polar surface area (TPSA) is 20.3 Å². The molecule has 18 heavy (non-hydrogen) atoms. The molecular weight excluding hydrogens is 246 g/mol. The second-order valence-electron chi connectivity index (χ2n) is 5.40. The third kappa shape index (κ3) is 3.74. The molecule has 0 aliphatic rings. The number of benzene rings is 1. The second kappa shape index (κ2) is 6.24. The van der Waals surface area contributed by atoms with Crippen LogP contribution in [0, 0.1) is 0 Å². The van der Waals surface area contributed by atoms with E-state index in [4.69, 9.17) is 11.6 Å². The lowest BCUT2D eigenvalue weighted by Crippen LogP contribution is -2.32. The third-order valence-electron chi connectivity index (χ3n) is 3.02. The van der Waals surface area contributed by atoms with E-state index in [-0.39, 0.29) is 11.3 Å². The number of carbonyl (C=O) groups is 1. The first-order chi connectivity index (χ1) is 8.40. The molecule has 0 N–H and O–H groups in total. The van der Waals surface area contributed by atoms with Gasteiger partial charge in [0.05, 0.1) is 0 Å². The molecule has 0 heterocycles. The molecule has 0 spiro atoms. The molecule has 2 nitrogen and oxygen atoms in total. The minimum absolute atomic E-state index is 0.0543. The summed E-state index contributed by atoms with van der Waals surface area (Å²) in [5, 5.41) is 0. The number of rotatable bonds is 4. The van der Waals surface area contributed by atoms with E-state index in [1.54, 1.807) is 4.90 Å². The van der Waals surface area contributed by atoms with Crippen molar-refractivity contribution in [1.29, 1.82) is 0 Å². The van der Waals surface area contributed by atoms with Crippen molar-refractivity contribution in [2.45, 2.75) is 33.1 Å². The molecule has 0 aliphatic heterocycles. The summed E-state index contributed by atoms with van der Waals surface area (Å²) in [4.78, 5) is 14.0. The second-order valence-corrected chi connectivity index (χ2v) is 5.78. The van der Waals surface area contributed by atoms with Crippen LogP contribution >= 0.6 is 11.6 Å². The third-order valence-corrected chi connectivity index (χ3v) is 3.19. The van der Waals surface area contributed by atoms with Gasteiger partial charge in [-0.05, 0) is 30.0 Å². The van der Waals surface area contributed by atoms with Gasteiger partial charge in [-0.15, -0.1) is 11.6 Å². The monoisotopic (exact) mass is 267 g/mol. The van der Waals surface area contributed by atoms with E-state index in [0.717, 1.165) is 5.56 Å². The van der Waals surface area contributed by atoms with E-state index < -0.39 is 0 Å². The van der Waals surface area contributed by atoms with Gasteiger partial charge in [0, 0.05) is 24.5 Å². The van der Waals surface area contributed by atoms with Gasteiger partial charge in [-0.3, -0.25) is 4.79 Å². The number of hydrogen-bond acceptors (Lipinski definition) is 1. The standard InChI is InChI=1S/C15H22ClNO/c1-5-17(11-10-16)14(18)12-6-8-13(9-7-12)15(2,3)4/h6-9H,5,10-11H2,1-4H3. The maximum Gasteiger partial charge on any atom is 0.253 e. The van der Waals surface area contributed by atoms with Crippen LogP contribution in [0.3, 0.4) is 0 Å². The minimum atomic E-state index is 0.0543. The number of halogens is 1. The number of alkyl halides is 1. The van der Waals surface area contributed by atoms with Gasteiger partial charge in [-0.2, -0.15) is 0 Å². The summed E-state index contributed by atoms with van der Waals surface area (Å²) in [5.74, 6) is 0.526. The smallest absolute Gasteiger partial charge is 0.253 e. The fraction of sp³-hybridized carbons (Fsp3) is 0.533. The maximum atomic E-state index is 12.2. The molecule has 100 valence electrons. The quantitative estimate of drug-likeness (QED) is 0.762. The van der Waals surface area contributed by atoms with Crippen molar-refractivity contribution in [2.24, 2.45) is 0 Å². The molecule has 3 heteroatoms. The van der Waals surface area contributed by atoms with E-state index >= 15 is 0 Å². The summed E-state index contributed by atoms with van der Waals surface area (Å²) >= 11 is 5.70. The van der Waals surface area contributed by atoms with Crippen LogP contribution in [0.25, 0.3) is 0 Å². The molecular formula is C15H22ClNO. The van der Waals surface area contributed by atoms with E-state index in [2.05, 4.69) is 20.8 Å². The molecule has 0 saturated carbocycles. The summed E-state index contributed by atoms with van der Waals surface area (Å²) in [7, 11) is 0. The van der Waals surface area contributed by atoms with Crippen LogP contribution in [-0.4, -0.2) is 29.8 Å². The average Bonchev–Trinajstić information content (AvgIpc) is 2.34. The first-order valence-electron chi connectivity index (χ1n) is 6.36. The highest BCUT2D eigenvalue weighted by molar-refractivity contribution is 6.18. The van der Waals surface area contributed by atoms with E-state index in [1.165, 1.54) is 5.56 Å². The van der Waals surface area contributed by atoms with Gasteiger partial charge in [0.25, 0.3) is 5.91 Å². The number of hydrogen-bond donors (Lipinski definition) is 0. The first-order valence-corrected chi connectivity index (χ1v) is 6.89. The Morgan fingerprint density at radius 2 is 1.78 bits per heavy atom. The average molecular weight is 268 g/mol. The Kier molecular flexibility index (Phi) is 5.21. The molecule has 0 aliphatic carbocycles. The van der Waals surface area contributed by atoms with Crippen LogP contribution in [0.2, 0.25) is 0 Å². The van der Waals surface area contributed by atoms with Crippen LogP contribution in [0.15, 0.2) is 24.3 Å². The van der Waals surface area contributed by atoms with Gasteiger partial charge in [-0.1, -0.05) is 32.9 Å². The van der Waals surface area contributed by atoms with Crippen molar-refractivity contribution in [3.8, 4) is 0 Å². The molecule has 1 amide bonds. The fourth-order valence-electron chi connectivity index (χ4n) is 1.80. The fourth-order valence-corrected chi connectivity index (χ4v) is 2.00. The Bertz CT molecular complexity index is 392. The summed E-state index contributed by atoms with van der Waals surface area (Å²) in [6, 6.07) is 7.86. The summed E-state index contributed by atoms with van der Waals surface area (Å²) in [6.45, 7) is 9.74. The van der Waals surface area contributed by atoms with Crippen LogP contribution in [-0.2, 0) is 5.41 Å². The molecule has 0 atom stereocenters. The molecule has 1 aromatic carbocycles. The lowest BCUT2D eigenvalue weighted by Gasteiger charge is -2.21. The Labute approximate surface area is 115 Å². The van der Waals surface area contributed by atoms with Gasteiger partial charge in [-0.25, -0.2) is 0 Å². The van der Waals surface area contributed by atoms with Crippen molar-refractivity contribution in [3.05, 3.63) is 35.4 Å². The van der Waals surface area contributed by atoms with Gasteiger partial charge in [0.1, 0.15) is 0 Å². The highest BCUT2D eigenvalue weighted by Crippen LogP contribution is 2.22. The molecule has 1 aromatic rings. The lowest BCUT2D eigenvalue weighted by atomic mass is 9.86. The molecule has 0 unspecified atom stereocenters. The highest BCUT2D eigenvalue weighted by Gasteiger charge is 2.16. The Morgan fingerprint density at radius 3 is 2.17 bits per heavy atom. The zero-order valence-electron chi connectivity index (χ0n) is 11.7. The van der Waals surface area contributed by atoms with Gasteiger partial charge in [0.15, 0.2) is 0 Å². The largest absolute Gasteiger partial charge is 0.338 e. The highest BCUT2D eigenvalue weighted by atomic mass is 35.5. The van der Waals surface area contributed by atoms with Gasteiger partial charge >= 0.3 is 0 Å².